The van der Waals surface area contributed by atoms with Gasteiger partial charge in [0.05, 0.1) is 6.61 Å². The first-order valence-electron chi connectivity index (χ1n) is 9.74. The van der Waals surface area contributed by atoms with Crippen molar-refractivity contribution < 1.29 is 9.47 Å². The molecule has 27 heavy (non-hydrogen) atoms. The zero-order valence-electron chi connectivity index (χ0n) is 17.1. The highest BCUT2D eigenvalue weighted by atomic mass is 127. The summed E-state index contributed by atoms with van der Waals surface area (Å²) in [5, 5.41) is 3.47. The number of halogens is 1. The van der Waals surface area contributed by atoms with Gasteiger partial charge in [0.2, 0.25) is 5.88 Å². The number of guanidine groups is 1. The Kier molecular flexibility index (Phi) is 11.7. The molecule has 1 unspecified atom stereocenters. The average Bonchev–Trinajstić information content (AvgIpc) is 3.14. The summed E-state index contributed by atoms with van der Waals surface area (Å²) in [7, 11) is 3.52. The summed E-state index contributed by atoms with van der Waals surface area (Å²) in [6, 6.07) is 3.93. The predicted octanol–water partition coefficient (Wildman–Crippen LogP) is 3.56. The molecule has 1 aromatic heterocycles. The first-order chi connectivity index (χ1) is 12.7. The van der Waals surface area contributed by atoms with Crippen molar-refractivity contribution in [3.63, 3.8) is 0 Å². The Morgan fingerprint density at radius 1 is 1.33 bits per heavy atom. The minimum atomic E-state index is 0. The molecule has 1 aliphatic heterocycles. The summed E-state index contributed by atoms with van der Waals surface area (Å²) in [5.74, 6) is 3.23. The van der Waals surface area contributed by atoms with Gasteiger partial charge in [-0.1, -0.05) is 32.8 Å². The van der Waals surface area contributed by atoms with Crippen molar-refractivity contribution in [1.29, 1.82) is 0 Å². The standard InChI is InChI=1S/C20H34N4O2.HI/c1-5-17(6-2)18-9-10-24(15-18)20(21-3)23-14-16-7-8-19(22-13-16)26-12-11-25-4;/h7-8,13,17-18H,5-6,9-12,14-15H2,1-4H3,(H,21,23);1H. The van der Waals surface area contributed by atoms with Gasteiger partial charge in [0.25, 0.3) is 0 Å². The van der Waals surface area contributed by atoms with E-state index in [0.29, 0.717) is 25.6 Å². The molecule has 0 spiro atoms. The van der Waals surface area contributed by atoms with E-state index < -0.39 is 0 Å². The molecule has 0 aromatic carbocycles. The van der Waals surface area contributed by atoms with Crippen LogP contribution in [0.2, 0.25) is 0 Å². The second kappa shape index (κ2) is 13.1. The fraction of sp³-hybridized carbons (Fsp3) is 0.700. The van der Waals surface area contributed by atoms with Gasteiger partial charge >= 0.3 is 0 Å². The molecule has 1 fully saturated rings. The molecule has 0 saturated carbocycles. The van der Waals surface area contributed by atoms with Gasteiger partial charge in [-0.3, -0.25) is 4.99 Å². The quantitative estimate of drug-likeness (QED) is 0.248. The number of likely N-dealkylation sites (tertiary alicyclic amines) is 1. The number of rotatable bonds is 9. The van der Waals surface area contributed by atoms with E-state index in [1.165, 1.54) is 19.3 Å². The van der Waals surface area contributed by atoms with Crippen LogP contribution in [-0.2, 0) is 11.3 Å². The molecule has 1 saturated heterocycles. The molecule has 0 radical (unpaired) electrons. The smallest absolute Gasteiger partial charge is 0.213 e. The van der Waals surface area contributed by atoms with Gasteiger partial charge in [0, 0.05) is 46.1 Å². The number of hydrogen-bond acceptors (Lipinski definition) is 4. The monoisotopic (exact) mass is 490 g/mol. The molecule has 1 N–H and O–H groups in total. The number of ether oxygens (including phenoxy) is 2. The number of pyridine rings is 1. The number of hydrogen-bond donors (Lipinski definition) is 1. The van der Waals surface area contributed by atoms with Crippen molar-refractivity contribution >= 4 is 29.9 Å². The Morgan fingerprint density at radius 3 is 2.70 bits per heavy atom. The number of aromatic nitrogens is 1. The first kappa shape index (κ1) is 23.9. The summed E-state index contributed by atoms with van der Waals surface area (Å²) >= 11 is 0. The highest BCUT2D eigenvalue weighted by Gasteiger charge is 2.29. The Hall–Kier alpha value is -1.09. The van der Waals surface area contributed by atoms with Gasteiger partial charge in [-0.05, 0) is 23.8 Å². The van der Waals surface area contributed by atoms with Crippen molar-refractivity contribution in [3.05, 3.63) is 23.9 Å². The van der Waals surface area contributed by atoms with Gasteiger partial charge in [-0.2, -0.15) is 0 Å². The van der Waals surface area contributed by atoms with E-state index in [2.05, 4.69) is 34.0 Å². The van der Waals surface area contributed by atoms with Gasteiger partial charge < -0.3 is 19.7 Å². The van der Waals surface area contributed by atoms with Crippen molar-refractivity contribution in [2.75, 3.05) is 40.5 Å². The van der Waals surface area contributed by atoms with Crippen LogP contribution in [0.3, 0.4) is 0 Å². The molecule has 7 heteroatoms. The van der Waals surface area contributed by atoms with Crippen LogP contribution in [0, 0.1) is 11.8 Å². The Balaban J connectivity index is 0.00000364. The Morgan fingerprint density at radius 2 is 2.11 bits per heavy atom. The number of methoxy groups -OCH3 is 1. The normalized spacial score (nSPS) is 17.1. The molecule has 0 aliphatic carbocycles. The van der Waals surface area contributed by atoms with E-state index >= 15 is 0 Å². The van der Waals surface area contributed by atoms with E-state index in [9.17, 15) is 0 Å². The summed E-state index contributed by atoms with van der Waals surface area (Å²) < 4.78 is 10.5. The molecular formula is C20H35IN4O2. The van der Waals surface area contributed by atoms with E-state index in [1.54, 1.807) is 7.11 Å². The maximum atomic E-state index is 5.50. The van der Waals surface area contributed by atoms with Crippen molar-refractivity contribution in [2.24, 2.45) is 16.8 Å². The van der Waals surface area contributed by atoms with Crippen LogP contribution in [0.4, 0.5) is 0 Å². The third-order valence-electron chi connectivity index (χ3n) is 5.24. The van der Waals surface area contributed by atoms with Gasteiger partial charge in [0.15, 0.2) is 5.96 Å². The van der Waals surface area contributed by atoms with E-state index in [-0.39, 0.29) is 24.0 Å². The Bertz CT molecular complexity index is 549. The van der Waals surface area contributed by atoms with Crippen LogP contribution < -0.4 is 10.1 Å². The lowest BCUT2D eigenvalue weighted by Crippen LogP contribution is -2.40. The Labute approximate surface area is 181 Å². The highest BCUT2D eigenvalue weighted by Crippen LogP contribution is 2.28. The first-order valence-corrected chi connectivity index (χ1v) is 9.74. The lowest BCUT2D eigenvalue weighted by molar-refractivity contribution is 0.143. The molecule has 2 rings (SSSR count). The topological polar surface area (TPSA) is 59.0 Å². The maximum Gasteiger partial charge on any atom is 0.213 e. The van der Waals surface area contributed by atoms with Crippen molar-refractivity contribution in [1.82, 2.24) is 15.2 Å². The molecule has 154 valence electrons. The number of aliphatic imine (C=N–C) groups is 1. The average molecular weight is 490 g/mol. The van der Waals surface area contributed by atoms with Gasteiger partial charge in [-0.15, -0.1) is 24.0 Å². The SMILES string of the molecule is CCC(CC)C1CCN(C(=NC)NCc2ccc(OCCOC)nc2)C1.I. The maximum absolute atomic E-state index is 5.50. The van der Waals surface area contributed by atoms with Crippen LogP contribution in [-0.4, -0.2) is 56.3 Å². The van der Waals surface area contributed by atoms with E-state index in [0.717, 1.165) is 36.4 Å². The second-order valence-electron chi connectivity index (χ2n) is 6.82. The van der Waals surface area contributed by atoms with E-state index in [4.69, 9.17) is 9.47 Å². The number of nitrogens with one attached hydrogen (secondary N) is 1. The molecule has 0 bridgehead atoms. The molecule has 1 aliphatic rings. The molecule has 6 nitrogen and oxygen atoms in total. The fourth-order valence-corrected chi connectivity index (χ4v) is 3.66. The zero-order chi connectivity index (χ0) is 18.8. The summed E-state index contributed by atoms with van der Waals surface area (Å²) in [6.45, 7) is 8.60. The third-order valence-corrected chi connectivity index (χ3v) is 5.24. The van der Waals surface area contributed by atoms with Gasteiger partial charge in [-0.25, -0.2) is 4.98 Å². The lowest BCUT2D eigenvalue weighted by atomic mass is 9.87. The van der Waals surface area contributed by atoms with Crippen LogP contribution >= 0.6 is 24.0 Å². The highest BCUT2D eigenvalue weighted by molar-refractivity contribution is 14.0. The minimum absolute atomic E-state index is 0. The molecule has 1 aromatic rings. The zero-order valence-corrected chi connectivity index (χ0v) is 19.4. The molecular weight excluding hydrogens is 455 g/mol. The lowest BCUT2D eigenvalue weighted by Gasteiger charge is -2.24. The molecule has 2 heterocycles. The van der Waals surface area contributed by atoms with Gasteiger partial charge in [0.1, 0.15) is 6.61 Å². The summed E-state index contributed by atoms with van der Waals surface area (Å²) in [4.78, 5) is 11.2. The molecule has 1 atom stereocenters. The van der Waals surface area contributed by atoms with Crippen molar-refractivity contribution in [3.8, 4) is 5.88 Å². The van der Waals surface area contributed by atoms with Crippen LogP contribution in [0.25, 0.3) is 0 Å². The fourth-order valence-electron chi connectivity index (χ4n) is 3.66. The summed E-state index contributed by atoms with van der Waals surface area (Å²) in [6.07, 6.45) is 5.65. The predicted molar refractivity (Wildman–Crippen MR) is 121 cm³/mol. The third kappa shape index (κ3) is 7.44. The van der Waals surface area contributed by atoms with Crippen molar-refractivity contribution in [2.45, 2.75) is 39.7 Å². The largest absolute Gasteiger partial charge is 0.475 e. The van der Waals surface area contributed by atoms with Crippen LogP contribution in [0.1, 0.15) is 38.7 Å². The van der Waals surface area contributed by atoms with Crippen LogP contribution in [0.15, 0.2) is 23.3 Å². The molecule has 0 amide bonds. The second-order valence-corrected chi connectivity index (χ2v) is 6.82. The minimum Gasteiger partial charge on any atom is -0.475 e. The van der Waals surface area contributed by atoms with Crippen LogP contribution in [0.5, 0.6) is 5.88 Å². The number of nitrogens with zero attached hydrogens (tertiary/aromatic N) is 3. The van der Waals surface area contributed by atoms with E-state index in [1.807, 2.05) is 25.4 Å². The summed E-state index contributed by atoms with van der Waals surface area (Å²) in [5.41, 5.74) is 1.11.